The predicted molar refractivity (Wildman–Crippen MR) is 101 cm³/mol. The highest BCUT2D eigenvalue weighted by Crippen LogP contribution is 2.37. The van der Waals surface area contributed by atoms with Crippen LogP contribution in [-0.2, 0) is 4.79 Å². The highest BCUT2D eigenvalue weighted by Gasteiger charge is 2.26. The summed E-state index contributed by atoms with van der Waals surface area (Å²) in [5, 5.41) is 2.38. The fourth-order valence-corrected chi connectivity index (χ4v) is 3.45. The van der Waals surface area contributed by atoms with Crippen molar-refractivity contribution in [1.29, 1.82) is 0 Å². The minimum atomic E-state index is -0.0167. The molecule has 0 N–H and O–H groups in total. The van der Waals surface area contributed by atoms with Gasteiger partial charge in [0.15, 0.2) is 5.78 Å². The number of allylic oxidation sites excluding steroid dienone is 1. The van der Waals surface area contributed by atoms with Crippen molar-refractivity contribution in [2.75, 3.05) is 12.0 Å². The quantitative estimate of drug-likeness (QED) is 0.686. The number of methoxy groups -OCH3 is 1. The van der Waals surface area contributed by atoms with E-state index in [1.165, 1.54) is 16.3 Å². The molecule has 3 heteroatoms. The lowest BCUT2D eigenvalue weighted by Gasteiger charge is -2.34. The van der Waals surface area contributed by atoms with Crippen molar-refractivity contribution in [3.63, 3.8) is 0 Å². The Morgan fingerprint density at radius 1 is 0.960 bits per heavy atom. The van der Waals surface area contributed by atoms with E-state index in [1.807, 2.05) is 42.6 Å². The van der Waals surface area contributed by atoms with Crippen molar-refractivity contribution in [3.05, 3.63) is 84.6 Å². The van der Waals surface area contributed by atoms with Gasteiger partial charge >= 0.3 is 0 Å². The number of benzene rings is 3. The van der Waals surface area contributed by atoms with Crippen LogP contribution in [0.2, 0.25) is 0 Å². The molecule has 0 bridgehead atoms. The van der Waals surface area contributed by atoms with Crippen LogP contribution in [0, 0.1) is 0 Å². The summed E-state index contributed by atoms with van der Waals surface area (Å²) >= 11 is 0. The van der Waals surface area contributed by atoms with Gasteiger partial charge in [-0.25, -0.2) is 0 Å². The third-order valence-electron chi connectivity index (χ3n) is 4.70. The van der Waals surface area contributed by atoms with Gasteiger partial charge in [0.05, 0.1) is 13.2 Å². The van der Waals surface area contributed by atoms with Gasteiger partial charge in [-0.2, -0.15) is 0 Å². The smallest absolute Gasteiger partial charge is 0.159 e. The van der Waals surface area contributed by atoms with Crippen LogP contribution >= 0.6 is 0 Å². The first-order chi connectivity index (χ1) is 12.3. The van der Waals surface area contributed by atoms with E-state index < -0.39 is 0 Å². The highest BCUT2D eigenvalue weighted by atomic mass is 16.5. The van der Waals surface area contributed by atoms with Crippen LogP contribution < -0.4 is 9.64 Å². The maximum absolute atomic E-state index is 12.1. The van der Waals surface area contributed by atoms with Crippen LogP contribution in [0.5, 0.6) is 5.75 Å². The first kappa shape index (κ1) is 15.5. The van der Waals surface area contributed by atoms with E-state index in [4.69, 9.17) is 4.74 Å². The molecule has 1 heterocycles. The highest BCUT2D eigenvalue weighted by molar-refractivity contribution is 5.94. The molecule has 1 atom stereocenters. The molecule has 0 saturated carbocycles. The number of carbonyl (C=O) groups excluding carboxylic acids is 1. The predicted octanol–water partition coefficient (Wildman–Crippen LogP) is 4.88. The van der Waals surface area contributed by atoms with Gasteiger partial charge in [0.25, 0.3) is 0 Å². The summed E-state index contributed by atoms with van der Waals surface area (Å²) in [5.41, 5.74) is 2.22. The monoisotopic (exact) mass is 329 g/mol. The molecule has 3 aromatic carbocycles. The molecule has 0 fully saturated rings. The fourth-order valence-electron chi connectivity index (χ4n) is 3.45. The molecule has 0 amide bonds. The summed E-state index contributed by atoms with van der Waals surface area (Å²) < 4.78 is 5.25. The SMILES string of the molecule is COc1ccc(N2C=CC(=O)CC2c2cccc3ccccc23)cc1. The molecule has 0 spiro atoms. The fraction of sp³-hybridized carbons (Fsp3) is 0.136. The first-order valence-electron chi connectivity index (χ1n) is 8.37. The zero-order valence-corrected chi connectivity index (χ0v) is 14.1. The maximum Gasteiger partial charge on any atom is 0.159 e. The summed E-state index contributed by atoms with van der Waals surface area (Å²) in [7, 11) is 1.66. The minimum absolute atomic E-state index is 0.0167. The van der Waals surface area contributed by atoms with Crippen LogP contribution in [0.15, 0.2) is 79.0 Å². The van der Waals surface area contributed by atoms with Gasteiger partial charge < -0.3 is 9.64 Å². The maximum atomic E-state index is 12.1. The Labute approximate surface area is 147 Å². The standard InChI is InChI=1S/C22H19NO2/c1-25-19-11-9-17(10-12-19)23-14-13-18(24)15-22(23)21-8-4-6-16-5-2-3-7-20(16)21/h2-14,22H,15H2,1H3. The molecule has 0 saturated heterocycles. The Kier molecular flexibility index (Phi) is 3.98. The second-order valence-corrected chi connectivity index (χ2v) is 6.18. The Morgan fingerprint density at radius 3 is 2.52 bits per heavy atom. The zero-order chi connectivity index (χ0) is 17.2. The van der Waals surface area contributed by atoms with Gasteiger partial charge in [-0.1, -0.05) is 42.5 Å². The van der Waals surface area contributed by atoms with Crippen LogP contribution in [-0.4, -0.2) is 12.9 Å². The van der Waals surface area contributed by atoms with E-state index in [0.717, 1.165) is 11.4 Å². The third-order valence-corrected chi connectivity index (χ3v) is 4.70. The molecule has 0 aromatic heterocycles. The van der Waals surface area contributed by atoms with Gasteiger partial charge in [-0.15, -0.1) is 0 Å². The number of fused-ring (bicyclic) bond motifs is 1. The molecule has 25 heavy (non-hydrogen) atoms. The number of ether oxygens (including phenoxy) is 1. The Balaban J connectivity index is 1.81. The van der Waals surface area contributed by atoms with Crippen molar-refractivity contribution in [2.45, 2.75) is 12.5 Å². The average Bonchev–Trinajstić information content (AvgIpc) is 2.67. The van der Waals surface area contributed by atoms with Crippen molar-refractivity contribution >= 4 is 22.2 Å². The van der Waals surface area contributed by atoms with Crippen LogP contribution in [0.4, 0.5) is 5.69 Å². The van der Waals surface area contributed by atoms with Gasteiger partial charge in [0, 0.05) is 18.3 Å². The Morgan fingerprint density at radius 2 is 1.72 bits per heavy atom. The molecule has 0 aliphatic carbocycles. The lowest BCUT2D eigenvalue weighted by molar-refractivity contribution is -0.115. The second kappa shape index (κ2) is 6.44. The summed E-state index contributed by atoms with van der Waals surface area (Å²) in [4.78, 5) is 14.3. The van der Waals surface area contributed by atoms with Crippen molar-refractivity contribution in [3.8, 4) is 5.75 Å². The van der Waals surface area contributed by atoms with Crippen LogP contribution in [0.1, 0.15) is 18.0 Å². The number of ketones is 1. The topological polar surface area (TPSA) is 29.5 Å². The molecule has 3 aromatic rings. The molecule has 1 aliphatic heterocycles. The van der Waals surface area contributed by atoms with E-state index in [1.54, 1.807) is 13.2 Å². The average molecular weight is 329 g/mol. The minimum Gasteiger partial charge on any atom is -0.497 e. The third kappa shape index (κ3) is 2.89. The zero-order valence-electron chi connectivity index (χ0n) is 14.1. The number of anilines is 1. The summed E-state index contributed by atoms with van der Waals surface area (Å²) in [6.07, 6.45) is 4.02. The van der Waals surface area contributed by atoms with Crippen molar-refractivity contribution in [2.24, 2.45) is 0 Å². The van der Waals surface area contributed by atoms with E-state index in [-0.39, 0.29) is 11.8 Å². The molecule has 1 aliphatic rings. The molecule has 0 radical (unpaired) electrons. The van der Waals surface area contributed by atoms with Crippen molar-refractivity contribution in [1.82, 2.24) is 0 Å². The summed E-state index contributed by atoms with van der Waals surface area (Å²) in [6.45, 7) is 0. The van der Waals surface area contributed by atoms with Gasteiger partial charge in [0.1, 0.15) is 5.75 Å². The van der Waals surface area contributed by atoms with Crippen molar-refractivity contribution < 1.29 is 9.53 Å². The lowest BCUT2D eigenvalue weighted by Crippen LogP contribution is -2.29. The normalized spacial score (nSPS) is 17.1. The largest absolute Gasteiger partial charge is 0.497 e. The number of nitrogens with zero attached hydrogens (tertiary/aromatic N) is 1. The van der Waals surface area contributed by atoms with Crippen LogP contribution in [0.25, 0.3) is 10.8 Å². The number of hydrogen-bond acceptors (Lipinski definition) is 3. The molecular weight excluding hydrogens is 310 g/mol. The van der Waals surface area contributed by atoms with Gasteiger partial charge in [-0.05, 0) is 46.7 Å². The number of hydrogen-bond donors (Lipinski definition) is 0. The van der Waals surface area contributed by atoms with E-state index in [2.05, 4.69) is 35.2 Å². The van der Waals surface area contributed by atoms with E-state index >= 15 is 0 Å². The molecule has 4 rings (SSSR count). The molecule has 3 nitrogen and oxygen atoms in total. The number of carbonyl (C=O) groups is 1. The summed E-state index contributed by atoms with van der Waals surface area (Å²) in [5.74, 6) is 0.977. The van der Waals surface area contributed by atoms with E-state index in [0.29, 0.717) is 6.42 Å². The second-order valence-electron chi connectivity index (χ2n) is 6.18. The lowest BCUT2D eigenvalue weighted by atomic mass is 9.92. The van der Waals surface area contributed by atoms with Crippen LogP contribution in [0.3, 0.4) is 0 Å². The van der Waals surface area contributed by atoms with E-state index in [9.17, 15) is 4.79 Å². The molecule has 124 valence electrons. The molecular formula is C22H19NO2. The number of rotatable bonds is 3. The van der Waals surface area contributed by atoms with Gasteiger partial charge in [0.2, 0.25) is 0 Å². The molecule has 1 unspecified atom stereocenters. The van der Waals surface area contributed by atoms with Gasteiger partial charge in [-0.3, -0.25) is 4.79 Å². The Hall–Kier alpha value is -3.07. The first-order valence-corrected chi connectivity index (χ1v) is 8.37. The summed E-state index contributed by atoms with van der Waals surface area (Å²) in [6, 6.07) is 22.5. The Bertz CT molecular complexity index is 938.